The fourth-order valence-electron chi connectivity index (χ4n) is 0.311. The highest BCUT2D eigenvalue weighted by molar-refractivity contribution is 7.97. The molecule has 0 heterocycles. The lowest BCUT2D eigenvalue weighted by Crippen LogP contribution is -2.16. The largest absolute Gasteiger partial charge is 0.355 e. The van der Waals surface area contributed by atoms with Crippen molar-refractivity contribution in [1.29, 1.82) is 0 Å². The summed E-state index contributed by atoms with van der Waals surface area (Å²) in [4.78, 5) is 0. The van der Waals surface area contributed by atoms with Crippen LogP contribution in [0.2, 0.25) is 0 Å². The van der Waals surface area contributed by atoms with Gasteiger partial charge in [-0.3, -0.25) is 5.14 Å². The van der Waals surface area contributed by atoms with E-state index in [9.17, 15) is 0 Å². The number of rotatable bonds is 4. The molecule has 3 nitrogen and oxygen atoms in total. The van der Waals surface area contributed by atoms with Crippen LogP contribution < -0.4 is 5.14 Å². The van der Waals surface area contributed by atoms with Crippen molar-refractivity contribution >= 4 is 11.9 Å². The summed E-state index contributed by atoms with van der Waals surface area (Å²) in [5, 5.41) is 5.14. The van der Waals surface area contributed by atoms with Gasteiger partial charge in [0.25, 0.3) is 0 Å². The highest BCUT2D eigenvalue weighted by Gasteiger charge is 2.00. The summed E-state index contributed by atoms with van der Waals surface area (Å²) in [6.07, 6.45) is -0.162. The Kier molecular flexibility index (Phi) is 5.52. The summed E-state index contributed by atoms with van der Waals surface area (Å²) >= 11 is 1.21. The van der Waals surface area contributed by atoms with Gasteiger partial charge in [0.1, 0.15) is 0 Å². The number of ether oxygens (including phenoxy) is 2. The zero-order chi connectivity index (χ0) is 6.41. The van der Waals surface area contributed by atoms with E-state index in [-0.39, 0.29) is 6.29 Å². The quantitative estimate of drug-likeness (QED) is 0.444. The second-order valence-electron chi connectivity index (χ2n) is 1.23. The second-order valence-corrected chi connectivity index (χ2v) is 1.90. The molecule has 0 aliphatic carbocycles. The van der Waals surface area contributed by atoms with Gasteiger partial charge in [-0.2, -0.15) is 0 Å². The Labute approximate surface area is 53.7 Å². The van der Waals surface area contributed by atoms with Crippen molar-refractivity contribution in [2.24, 2.45) is 5.14 Å². The number of hydrogen-bond donors (Lipinski definition) is 1. The third kappa shape index (κ3) is 3.26. The maximum Gasteiger partial charge on any atom is 0.167 e. The molecule has 0 saturated heterocycles. The van der Waals surface area contributed by atoms with Crippen LogP contribution in [-0.4, -0.2) is 26.3 Å². The fraction of sp³-hybridized carbons (Fsp3) is 1.00. The monoisotopic (exact) mass is 137 g/mol. The molecular weight excluding hydrogens is 126 g/mol. The van der Waals surface area contributed by atoms with Crippen LogP contribution in [0.25, 0.3) is 0 Å². The first-order chi connectivity index (χ1) is 3.85. The molecule has 0 aromatic carbocycles. The maximum atomic E-state index is 5.14. The Morgan fingerprint density at radius 3 is 2.12 bits per heavy atom. The molecule has 0 aliphatic rings. The molecule has 8 heavy (non-hydrogen) atoms. The average molecular weight is 137 g/mol. The molecule has 50 valence electrons. The van der Waals surface area contributed by atoms with E-state index < -0.39 is 0 Å². The summed E-state index contributed by atoms with van der Waals surface area (Å²) in [5.41, 5.74) is 0. The Morgan fingerprint density at radius 2 is 2.00 bits per heavy atom. The van der Waals surface area contributed by atoms with Gasteiger partial charge in [0.05, 0.1) is 5.75 Å². The zero-order valence-electron chi connectivity index (χ0n) is 5.09. The van der Waals surface area contributed by atoms with Crippen LogP contribution in [0.5, 0.6) is 0 Å². The normalized spacial score (nSPS) is 10.5. The Balaban J connectivity index is 3.07. The third-order valence-corrected chi connectivity index (χ3v) is 1.22. The van der Waals surface area contributed by atoms with Crippen LogP contribution in [0.15, 0.2) is 0 Å². The summed E-state index contributed by atoms with van der Waals surface area (Å²) in [6, 6.07) is 0. The highest BCUT2D eigenvalue weighted by atomic mass is 32.2. The van der Waals surface area contributed by atoms with Crippen molar-refractivity contribution in [2.45, 2.75) is 6.29 Å². The highest BCUT2D eigenvalue weighted by Crippen LogP contribution is 1.96. The van der Waals surface area contributed by atoms with E-state index in [1.807, 2.05) is 0 Å². The van der Waals surface area contributed by atoms with E-state index >= 15 is 0 Å². The van der Waals surface area contributed by atoms with Gasteiger partial charge in [-0.25, -0.2) is 0 Å². The minimum absolute atomic E-state index is 0.162. The van der Waals surface area contributed by atoms with Crippen molar-refractivity contribution in [3.8, 4) is 0 Å². The minimum Gasteiger partial charge on any atom is -0.355 e. The van der Waals surface area contributed by atoms with Crippen molar-refractivity contribution in [2.75, 3.05) is 20.0 Å². The van der Waals surface area contributed by atoms with Crippen LogP contribution in [0, 0.1) is 0 Å². The van der Waals surface area contributed by atoms with E-state index in [4.69, 9.17) is 14.6 Å². The lowest BCUT2D eigenvalue weighted by Gasteiger charge is -2.09. The van der Waals surface area contributed by atoms with Gasteiger partial charge in [0.2, 0.25) is 0 Å². The number of methoxy groups -OCH3 is 2. The fourth-order valence-corrected chi connectivity index (χ4v) is 0.740. The van der Waals surface area contributed by atoms with Gasteiger partial charge >= 0.3 is 0 Å². The summed E-state index contributed by atoms with van der Waals surface area (Å²) in [5.74, 6) is 0.674. The van der Waals surface area contributed by atoms with Crippen LogP contribution in [-0.2, 0) is 9.47 Å². The molecule has 0 radical (unpaired) electrons. The molecule has 0 rings (SSSR count). The smallest absolute Gasteiger partial charge is 0.167 e. The first-order valence-corrected chi connectivity index (χ1v) is 3.27. The van der Waals surface area contributed by atoms with E-state index in [0.29, 0.717) is 5.75 Å². The van der Waals surface area contributed by atoms with Gasteiger partial charge in [0.15, 0.2) is 6.29 Å². The van der Waals surface area contributed by atoms with Gasteiger partial charge in [0, 0.05) is 14.2 Å². The van der Waals surface area contributed by atoms with Crippen LogP contribution in [0.3, 0.4) is 0 Å². The SMILES string of the molecule is COC(CSN)OC. The molecule has 2 N–H and O–H groups in total. The minimum atomic E-state index is -0.162. The molecule has 0 aliphatic heterocycles. The van der Waals surface area contributed by atoms with Crippen molar-refractivity contribution in [3.63, 3.8) is 0 Å². The van der Waals surface area contributed by atoms with Gasteiger partial charge < -0.3 is 9.47 Å². The van der Waals surface area contributed by atoms with Crippen molar-refractivity contribution in [3.05, 3.63) is 0 Å². The summed E-state index contributed by atoms with van der Waals surface area (Å²) < 4.78 is 9.63. The van der Waals surface area contributed by atoms with E-state index in [1.54, 1.807) is 14.2 Å². The third-order valence-electron chi connectivity index (χ3n) is 0.758. The zero-order valence-corrected chi connectivity index (χ0v) is 5.90. The van der Waals surface area contributed by atoms with Crippen molar-refractivity contribution in [1.82, 2.24) is 0 Å². The molecule has 4 heteroatoms. The van der Waals surface area contributed by atoms with E-state index in [0.717, 1.165) is 0 Å². The first-order valence-electron chi connectivity index (χ1n) is 2.22. The van der Waals surface area contributed by atoms with Crippen LogP contribution in [0.1, 0.15) is 0 Å². The lowest BCUT2D eigenvalue weighted by molar-refractivity contribution is -0.0842. The van der Waals surface area contributed by atoms with Crippen LogP contribution in [0.4, 0.5) is 0 Å². The summed E-state index contributed by atoms with van der Waals surface area (Å²) in [6.45, 7) is 0. The predicted octanol–water partition coefficient (Wildman–Crippen LogP) is 0.212. The van der Waals surface area contributed by atoms with Gasteiger partial charge in [-0.1, -0.05) is 11.9 Å². The van der Waals surface area contributed by atoms with Crippen LogP contribution >= 0.6 is 11.9 Å². The maximum absolute atomic E-state index is 5.14. The molecule has 0 amide bonds. The molecule has 0 saturated carbocycles. The first kappa shape index (κ1) is 8.23. The van der Waals surface area contributed by atoms with Gasteiger partial charge in [-0.15, -0.1) is 0 Å². The Bertz CT molecular complexity index is 49.3. The van der Waals surface area contributed by atoms with Crippen molar-refractivity contribution < 1.29 is 9.47 Å². The molecule has 0 unspecified atom stereocenters. The average Bonchev–Trinajstić information content (AvgIpc) is 1.83. The standard InChI is InChI=1S/C4H11NO2S/c1-6-4(7-2)3-8-5/h4H,3,5H2,1-2H3. The molecule has 0 fully saturated rings. The Hall–Kier alpha value is 0.230. The predicted molar refractivity (Wildman–Crippen MR) is 34.5 cm³/mol. The molecule has 0 bridgehead atoms. The lowest BCUT2D eigenvalue weighted by atomic mass is 10.7. The Morgan fingerprint density at radius 1 is 1.50 bits per heavy atom. The molecule has 0 aromatic heterocycles. The molecular formula is C4H11NO2S. The number of nitrogens with two attached hydrogens (primary N) is 1. The van der Waals surface area contributed by atoms with Gasteiger partial charge in [-0.05, 0) is 0 Å². The van der Waals surface area contributed by atoms with E-state index in [1.165, 1.54) is 11.9 Å². The molecule has 0 spiro atoms. The summed E-state index contributed by atoms with van der Waals surface area (Å²) in [7, 11) is 3.18. The topological polar surface area (TPSA) is 44.5 Å². The van der Waals surface area contributed by atoms with E-state index in [2.05, 4.69) is 0 Å². The molecule has 0 atom stereocenters. The second kappa shape index (κ2) is 5.37. The number of hydrogen-bond acceptors (Lipinski definition) is 4. The molecule has 0 aromatic rings.